The highest BCUT2D eigenvalue weighted by Gasteiger charge is 2.15. The molecule has 0 aliphatic heterocycles. The van der Waals surface area contributed by atoms with E-state index in [-0.39, 0.29) is 5.91 Å². The molecule has 0 fully saturated rings. The summed E-state index contributed by atoms with van der Waals surface area (Å²) in [6, 6.07) is 10.5. The molecule has 0 saturated heterocycles. The molecule has 0 spiro atoms. The first-order valence-corrected chi connectivity index (χ1v) is 7.26. The molecular weight excluding hydrogens is 323 g/mol. The number of hydrogen-bond acceptors (Lipinski definition) is 2. The number of aromatic amines is 1. The molecule has 0 atom stereocenters. The second-order valence-electron chi connectivity index (χ2n) is 4.66. The molecule has 1 heterocycles. The normalized spacial score (nSPS) is 10.7. The van der Waals surface area contributed by atoms with Gasteiger partial charge in [-0.25, -0.2) is 0 Å². The summed E-state index contributed by atoms with van der Waals surface area (Å²) < 4.78 is 5.20. The quantitative estimate of drug-likeness (QED) is 0.727. The lowest BCUT2D eigenvalue weighted by Crippen LogP contribution is -2.12. The van der Waals surface area contributed by atoms with Gasteiger partial charge >= 0.3 is 0 Å². The van der Waals surface area contributed by atoms with Crippen LogP contribution in [0.1, 0.15) is 10.4 Å². The van der Waals surface area contributed by atoms with E-state index in [4.69, 9.17) is 27.9 Å². The first-order valence-electron chi connectivity index (χ1n) is 6.50. The predicted molar refractivity (Wildman–Crippen MR) is 89.3 cm³/mol. The standard InChI is InChI=1S/C16H12Cl2N2O2/c1-22-9-5-6-14-10(7-9)11(8-19-14)16(21)20-15-12(17)3-2-4-13(15)18/h2-8,19H,1H3,(H,20,21). The zero-order valence-corrected chi connectivity index (χ0v) is 13.1. The Labute approximate surface area is 137 Å². The minimum Gasteiger partial charge on any atom is -0.497 e. The lowest BCUT2D eigenvalue weighted by atomic mass is 10.1. The van der Waals surface area contributed by atoms with Gasteiger partial charge in [-0.1, -0.05) is 29.3 Å². The number of H-pyrrole nitrogens is 1. The molecule has 22 heavy (non-hydrogen) atoms. The maximum atomic E-state index is 12.5. The molecule has 1 amide bonds. The molecule has 0 aliphatic rings. The molecule has 0 unspecified atom stereocenters. The molecule has 0 bridgehead atoms. The van der Waals surface area contributed by atoms with E-state index >= 15 is 0 Å². The van der Waals surface area contributed by atoms with Crippen LogP contribution in [0.4, 0.5) is 5.69 Å². The smallest absolute Gasteiger partial charge is 0.257 e. The van der Waals surface area contributed by atoms with E-state index < -0.39 is 0 Å². The van der Waals surface area contributed by atoms with Crippen LogP contribution in [0.5, 0.6) is 5.75 Å². The maximum absolute atomic E-state index is 12.5. The molecule has 0 saturated carbocycles. The lowest BCUT2D eigenvalue weighted by Gasteiger charge is -2.08. The van der Waals surface area contributed by atoms with E-state index in [0.29, 0.717) is 27.0 Å². The first-order chi connectivity index (χ1) is 10.6. The largest absolute Gasteiger partial charge is 0.497 e. The number of benzene rings is 2. The average molecular weight is 335 g/mol. The molecule has 0 radical (unpaired) electrons. The number of anilines is 1. The number of amides is 1. The topological polar surface area (TPSA) is 54.1 Å². The SMILES string of the molecule is COc1ccc2[nH]cc(C(=O)Nc3c(Cl)cccc3Cl)c2c1. The second kappa shape index (κ2) is 5.91. The summed E-state index contributed by atoms with van der Waals surface area (Å²) in [4.78, 5) is 15.6. The number of aromatic nitrogens is 1. The third-order valence-electron chi connectivity index (χ3n) is 3.33. The maximum Gasteiger partial charge on any atom is 0.257 e. The number of nitrogens with one attached hydrogen (secondary N) is 2. The Balaban J connectivity index is 1.99. The number of carbonyl (C=O) groups is 1. The van der Waals surface area contributed by atoms with Gasteiger partial charge in [0.05, 0.1) is 28.4 Å². The van der Waals surface area contributed by atoms with Gasteiger partial charge in [-0.2, -0.15) is 0 Å². The van der Waals surface area contributed by atoms with E-state index in [1.807, 2.05) is 12.1 Å². The van der Waals surface area contributed by atoms with E-state index in [0.717, 1.165) is 10.9 Å². The summed E-state index contributed by atoms with van der Waals surface area (Å²) in [5.41, 5.74) is 1.73. The van der Waals surface area contributed by atoms with E-state index in [1.54, 1.807) is 37.6 Å². The fourth-order valence-corrected chi connectivity index (χ4v) is 2.70. The van der Waals surface area contributed by atoms with Gasteiger partial charge in [0.25, 0.3) is 5.91 Å². The summed E-state index contributed by atoms with van der Waals surface area (Å²) in [5.74, 6) is 0.381. The van der Waals surface area contributed by atoms with Crippen LogP contribution in [-0.2, 0) is 0 Å². The van der Waals surface area contributed by atoms with E-state index in [9.17, 15) is 4.79 Å². The lowest BCUT2D eigenvalue weighted by molar-refractivity contribution is 0.102. The van der Waals surface area contributed by atoms with Crippen molar-refractivity contribution in [2.45, 2.75) is 0 Å². The van der Waals surface area contributed by atoms with Crippen molar-refractivity contribution in [2.75, 3.05) is 12.4 Å². The number of ether oxygens (including phenoxy) is 1. The molecule has 2 N–H and O–H groups in total. The summed E-state index contributed by atoms with van der Waals surface area (Å²) in [6.07, 6.45) is 1.64. The van der Waals surface area contributed by atoms with Crippen LogP contribution in [0.25, 0.3) is 10.9 Å². The molecule has 6 heteroatoms. The Hall–Kier alpha value is -2.17. The highest BCUT2D eigenvalue weighted by Crippen LogP contribution is 2.31. The van der Waals surface area contributed by atoms with Gasteiger partial charge in [0.1, 0.15) is 5.75 Å². The zero-order chi connectivity index (χ0) is 15.7. The van der Waals surface area contributed by atoms with Gasteiger partial charge in [-0.3, -0.25) is 4.79 Å². The van der Waals surface area contributed by atoms with Crippen LogP contribution >= 0.6 is 23.2 Å². The molecule has 0 aliphatic carbocycles. The van der Waals surface area contributed by atoms with Crippen LogP contribution < -0.4 is 10.1 Å². The Bertz CT molecular complexity index is 838. The highest BCUT2D eigenvalue weighted by atomic mass is 35.5. The van der Waals surface area contributed by atoms with Gasteiger partial charge in [-0.05, 0) is 30.3 Å². The molecule has 3 rings (SSSR count). The minimum atomic E-state index is -0.297. The number of para-hydroxylation sites is 1. The van der Waals surface area contributed by atoms with Crippen LogP contribution in [0, 0.1) is 0 Å². The summed E-state index contributed by atoms with van der Waals surface area (Å²) in [7, 11) is 1.58. The van der Waals surface area contributed by atoms with Gasteiger partial charge < -0.3 is 15.0 Å². The molecule has 112 valence electrons. The highest BCUT2D eigenvalue weighted by molar-refractivity contribution is 6.40. The predicted octanol–water partition coefficient (Wildman–Crippen LogP) is 4.74. The number of methoxy groups -OCH3 is 1. The van der Waals surface area contributed by atoms with Crippen molar-refractivity contribution in [3.05, 3.63) is 58.2 Å². The summed E-state index contributed by atoms with van der Waals surface area (Å²) in [5, 5.41) is 4.29. The zero-order valence-electron chi connectivity index (χ0n) is 11.6. The van der Waals surface area contributed by atoms with Crippen molar-refractivity contribution in [1.29, 1.82) is 0 Å². The fourth-order valence-electron chi connectivity index (χ4n) is 2.21. The fraction of sp³-hybridized carbons (Fsp3) is 0.0625. The first kappa shape index (κ1) is 14.8. The summed E-state index contributed by atoms with van der Waals surface area (Å²) >= 11 is 12.1. The molecule has 2 aromatic carbocycles. The molecule has 4 nitrogen and oxygen atoms in total. The Morgan fingerprint density at radius 1 is 1.18 bits per heavy atom. The van der Waals surface area contributed by atoms with Gasteiger partial charge in [0.15, 0.2) is 0 Å². The Morgan fingerprint density at radius 2 is 1.91 bits per heavy atom. The second-order valence-corrected chi connectivity index (χ2v) is 5.48. The number of halogens is 2. The van der Waals surface area contributed by atoms with Gasteiger partial charge in [0.2, 0.25) is 0 Å². The van der Waals surface area contributed by atoms with Crippen molar-refractivity contribution >= 4 is 45.7 Å². The molecular formula is C16H12Cl2N2O2. The van der Waals surface area contributed by atoms with Crippen molar-refractivity contribution < 1.29 is 9.53 Å². The van der Waals surface area contributed by atoms with Gasteiger partial charge in [-0.15, -0.1) is 0 Å². The van der Waals surface area contributed by atoms with Crippen LogP contribution in [0.3, 0.4) is 0 Å². The van der Waals surface area contributed by atoms with Crippen LogP contribution in [0.2, 0.25) is 10.0 Å². The van der Waals surface area contributed by atoms with Crippen molar-refractivity contribution in [3.63, 3.8) is 0 Å². The van der Waals surface area contributed by atoms with Crippen LogP contribution in [0.15, 0.2) is 42.6 Å². The number of rotatable bonds is 3. The number of hydrogen-bond donors (Lipinski definition) is 2. The third-order valence-corrected chi connectivity index (χ3v) is 3.96. The molecule has 1 aromatic heterocycles. The van der Waals surface area contributed by atoms with E-state index in [2.05, 4.69) is 10.3 Å². The Morgan fingerprint density at radius 3 is 2.59 bits per heavy atom. The van der Waals surface area contributed by atoms with Crippen molar-refractivity contribution in [3.8, 4) is 5.75 Å². The van der Waals surface area contributed by atoms with Crippen molar-refractivity contribution in [2.24, 2.45) is 0 Å². The third kappa shape index (κ3) is 2.63. The number of carbonyl (C=O) groups excluding carboxylic acids is 1. The average Bonchev–Trinajstić information content (AvgIpc) is 2.94. The van der Waals surface area contributed by atoms with Crippen LogP contribution in [-0.4, -0.2) is 18.0 Å². The minimum absolute atomic E-state index is 0.297. The summed E-state index contributed by atoms with van der Waals surface area (Å²) in [6.45, 7) is 0. The number of fused-ring (bicyclic) bond motifs is 1. The Kier molecular flexibility index (Phi) is 3.96. The van der Waals surface area contributed by atoms with Gasteiger partial charge in [0, 0.05) is 17.1 Å². The van der Waals surface area contributed by atoms with E-state index in [1.165, 1.54) is 0 Å². The van der Waals surface area contributed by atoms with Crippen molar-refractivity contribution in [1.82, 2.24) is 4.98 Å². The molecule has 3 aromatic rings. The monoisotopic (exact) mass is 334 g/mol.